The lowest BCUT2D eigenvalue weighted by Crippen LogP contribution is -2.19. The summed E-state index contributed by atoms with van der Waals surface area (Å²) in [6.45, 7) is 0. The molecule has 58 valence electrons. The number of carbonyl (C=O) groups excluding carboxylic acids is 1. The maximum Gasteiger partial charge on any atom is 0.307 e. The number of ketones is 1. The summed E-state index contributed by atoms with van der Waals surface area (Å²) in [6.07, 6.45) is 0.866. The van der Waals surface area contributed by atoms with Crippen LogP contribution in [-0.2, 0) is 9.59 Å². The molecule has 0 amide bonds. The highest BCUT2D eigenvalue weighted by molar-refractivity contribution is 5.98. The minimum atomic E-state index is -0.754. The van der Waals surface area contributed by atoms with Gasteiger partial charge in [0.25, 0.3) is 0 Å². The molecule has 0 spiro atoms. The van der Waals surface area contributed by atoms with Crippen LogP contribution in [0.25, 0.3) is 0 Å². The Morgan fingerprint density at radius 1 is 1.55 bits per heavy atom. The van der Waals surface area contributed by atoms with Crippen LogP contribution >= 0.6 is 0 Å². The Morgan fingerprint density at radius 3 is 2.45 bits per heavy atom. The van der Waals surface area contributed by atoms with Gasteiger partial charge < -0.3 is 5.11 Å². The lowest BCUT2D eigenvalue weighted by molar-refractivity contribution is -0.144. The summed E-state index contributed by atoms with van der Waals surface area (Å²) in [5.41, 5.74) is 0. The van der Waals surface area contributed by atoms with Crippen molar-refractivity contribution in [2.75, 3.05) is 0 Å². The number of carbonyl (C=O) groups is 2. The predicted molar refractivity (Wildman–Crippen MR) is 34.7 cm³/mol. The second kappa shape index (κ2) is 1.36. The van der Waals surface area contributed by atoms with E-state index in [1.165, 1.54) is 0 Å². The molecule has 5 unspecified atom stereocenters. The normalized spacial score (nSPS) is 56.7. The van der Waals surface area contributed by atoms with E-state index in [4.69, 9.17) is 5.11 Å². The maximum atomic E-state index is 11.2. The van der Waals surface area contributed by atoms with Gasteiger partial charge in [0.05, 0.1) is 5.92 Å². The van der Waals surface area contributed by atoms with Crippen LogP contribution in [0.2, 0.25) is 0 Å². The third kappa shape index (κ3) is 0.424. The van der Waals surface area contributed by atoms with Gasteiger partial charge in [0.1, 0.15) is 5.78 Å². The number of hydrogen-bond acceptors (Lipinski definition) is 2. The third-order valence-corrected chi connectivity index (χ3v) is 3.58. The average molecular weight is 152 g/mol. The van der Waals surface area contributed by atoms with Crippen molar-refractivity contribution < 1.29 is 14.7 Å². The first kappa shape index (κ1) is 5.75. The van der Waals surface area contributed by atoms with E-state index in [-0.39, 0.29) is 29.5 Å². The highest BCUT2D eigenvalue weighted by Crippen LogP contribution is 2.71. The molecule has 3 heteroatoms. The van der Waals surface area contributed by atoms with E-state index >= 15 is 0 Å². The molecule has 4 aliphatic carbocycles. The van der Waals surface area contributed by atoms with Crippen LogP contribution in [0.1, 0.15) is 6.42 Å². The Kier molecular flexibility index (Phi) is 0.708. The molecule has 1 N–H and O–H groups in total. The van der Waals surface area contributed by atoms with E-state index in [2.05, 4.69) is 0 Å². The van der Waals surface area contributed by atoms with Gasteiger partial charge in [-0.1, -0.05) is 0 Å². The Labute approximate surface area is 63.4 Å². The number of rotatable bonds is 1. The molecule has 0 aromatic rings. The summed E-state index contributed by atoms with van der Waals surface area (Å²) in [5.74, 6) is -0.0482. The Bertz CT molecular complexity index is 271. The second-order valence-corrected chi connectivity index (χ2v) is 3.88. The minimum absolute atomic E-state index is 0.104. The summed E-state index contributed by atoms with van der Waals surface area (Å²) in [6, 6.07) is 0. The lowest BCUT2D eigenvalue weighted by Gasteiger charge is -2.05. The zero-order valence-corrected chi connectivity index (χ0v) is 5.86. The van der Waals surface area contributed by atoms with Crippen LogP contribution in [-0.4, -0.2) is 16.9 Å². The van der Waals surface area contributed by atoms with Crippen LogP contribution in [0.3, 0.4) is 0 Å². The van der Waals surface area contributed by atoms with Crippen molar-refractivity contribution in [3.05, 3.63) is 0 Å². The van der Waals surface area contributed by atoms with Crippen molar-refractivity contribution in [1.82, 2.24) is 0 Å². The predicted octanol–water partition coefficient (Wildman–Crippen LogP) is 0.152. The first-order chi connectivity index (χ1) is 5.22. The minimum Gasteiger partial charge on any atom is -0.481 e. The molecule has 3 nitrogen and oxygen atoms in total. The molecule has 4 fully saturated rings. The monoisotopic (exact) mass is 152 g/mol. The van der Waals surface area contributed by atoms with E-state index in [0.717, 1.165) is 6.42 Å². The van der Waals surface area contributed by atoms with Gasteiger partial charge in [-0.15, -0.1) is 0 Å². The second-order valence-electron chi connectivity index (χ2n) is 3.88. The smallest absolute Gasteiger partial charge is 0.307 e. The van der Waals surface area contributed by atoms with Gasteiger partial charge in [-0.2, -0.15) is 0 Å². The molecular formula is C8H8O3. The van der Waals surface area contributed by atoms with Crippen molar-refractivity contribution in [3.8, 4) is 0 Å². The molecule has 0 aromatic heterocycles. The van der Waals surface area contributed by atoms with Gasteiger partial charge >= 0.3 is 5.97 Å². The molecule has 4 bridgehead atoms. The van der Waals surface area contributed by atoms with Crippen molar-refractivity contribution in [1.29, 1.82) is 0 Å². The summed E-state index contributed by atoms with van der Waals surface area (Å²) in [5, 5.41) is 8.77. The van der Waals surface area contributed by atoms with E-state index in [1.54, 1.807) is 0 Å². The first-order valence-electron chi connectivity index (χ1n) is 3.98. The van der Waals surface area contributed by atoms with Crippen molar-refractivity contribution >= 4 is 11.8 Å². The summed E-state index contributed by atoms with van der Waals surface area (Å²) in [4.78, 5) is 21.9. The SMILES string of the molecule is O=C(O)C1C2CC3C(C2=O)C31. The van der Waals surface area contributed by atoms with E-state index in [1.807, 2.05) is 0 Å². The van der Waals surface area contributed by atoms with E-state index < -0.39 is 5.97 Å². The van der Waals surface area contributed by atoms with E-state index in [0.29, 0.717) is 5.92 Å². The van der Waals surface area contributed by atoms with Crippen LogP contribution in [0.5, 0.6) is 0 Å². The third-order valence-electron chi connectivity index (χ3n) is 3.58. The largest absolute Gasteiger partial charge is 0.481 e. The fourth-order valence-corrected chi connectivity index (χ4v) is 3.18. The molecule has 4 saturated carbocycles. The zero-order valence-electron chi connectivity index (χ0n) is 5.86. The molecule has 0 saturated heterocycles. The number of aliphatic carboxylic acids is 1. The number of Topliss-reactive ketones (excluding diaryl/α,β-unsaturated/α-hetero) is 1. The summed E-state index contributed by atoms with van der Waals surface area (Å²) < 4.78 is 0. The van der Waals surface area contributed by atoms with Crippen molar-refractivity contribution in [3.63, 3.8) is 0 Å². The van der Waals surface area contributed by atoms with Gasteiger partial charge in [0, 0.05) is 11.8 Å². The van der Waals surface area contributed by atoms with Crippen LogP contribution in [0, 0.1) is 29.6 Å². The molecule has 4 aliphatic rings. The Balaban J connectivity index is 2.03. The average Bonchev–Trinajstić information content (AvgIpc) is 2.33. The fourth-order valence-electron chi connectivity index (χ4n) is 3.18. The summed E-state index contributed by atoms with van der Waals surface area (Å²) >= 11 is 0. The molecule has 0 aliphatic heterocycles. The molecule has 11 heavy (non-hydrogen) atoms. The fraction of sp³-hybridized carbons (Fsp3) is 0.750. The Hall–Kier alpha value is -0.860. The molecule has 0 aromatic carbocycles. The molecule has 0 heterocycles. The molecule has 5 atom stereocenters. The number of carboxylic acids is 1. The van der Waals surface area contributed by atoms with Crippen LogP contribution in [0.4, 0.5) is 0 Å². The van der Waals surface area contributed by atoms with Gasteiger partial charge in [0.15, 0.2) is 0 Å². The number of carboxylic acid groups (broad SMARTS) is 1. The van der Waals surface area contributed by atoms with Crippen molar-refractivity contribution in [2.45, 2.75) is 6.42 Å². The first-order valence-corrected chi connectivity index (χ1v) is 3.98. The van der Waals surface area contributed by atoms with Gasteiger partial charge in [-0.25, -0.2) is 0 Å². The Morgan fingerprint density at radius 2 is 2.27 bits per heavy atom. The topological polar surface area (TPSA) is 54.4 Å². The quantitative estimate of drug-likeness (QED) is 0.582. The van der Waals surface area contributed by atoms with E-state index in [9.17, 15) is 9.59 Å². The number of hydrogen-bond donors (Lipinski definition) is 1. The lowest BCUT2D eigenvalue weighted by atomic mass is 9.98. The van der Waals surface area contributed by atoms with Crippen LogP contribution in [0.15, 0.2) is 0 Å². The standard InChI is InChI=1S/C8H8O3/c9-7-3-1-2-4(5(2)7)6(3)8(10)11/h2-6H,1H2,(H,10,11). The van der Waals surface area contributed by atoms with Gasteiger partial charge in [-0.3, -0.25) is 9.59 Å². The van der Waals surface area contributed by atoms with Gasteiger partial charge in [-0.05, 0) is 18.3 Å². The molecule has 0 radical (unpaired) electrons. The van der Waals surface area contributed by atoms with Gasteiger partial charge in [0.2, 0.25) is 0 Å². The maximum absolute atomic E-state index is 11.2. The highest BCUT2D eigenvalue weighted by atomic mass is 16.4. The summed E-state index contributed by atoms with van der Waals surface area (Å²) in [7, 11) is 0. The zero-order chi connectivity index (χ0) is 7.75. The van der Waals surface area contributed by atoms with Crippen LogP contribution < -0.4 is 0 Å². The highest BCUT2D eigenvalue weighted by Gasteiger charge is 2.75. The van der Waals surface area contributed by atoms with Crippen molar-refractivity contribution in [2.24, 2.45) is 29.6 Å². The molecular weight excluding hydrogens is 144 g/mol. The molecule has 4 rings (SSSR count).